The second-order valence-electron chi connectivity index (χ2n) is 5.38. The highest BCUT2D eigenvalue weighted by Gasteiger charge is 2.13. The minimum atomic E-state index is 0.498. The highest BCUT2D eigenvalue weighted by molar-refractivity contribution is 9.10. The molecule has 1 saturated heterocycles. The van der Waals surface area contributed by atoms with Gasteiger partial charge in [0.05, 0.1) is 0 Å². The zero-order chi connectivity index (χ0) is 13.7. The van der Waals surface area contributed by atoms with Gasteiger partial charge in [0.1, 0.15) is 0 Å². The van der Waals surface area contributed by atoms with Crippen LogP contribution in [0.25, 0.3) is 0 Å². The highest BCUT2D eigenvalue weighted by Crippen LogP contribution is 2.21. The summed E-state index contributed by atoms with van der Waals surface area (Å²) in [7, 11) is 0. The molecule has 1 fully saturated rings. The van der Waals surface area contributed by atoms with Crippen LogP contribution in [0.3, 0.4) is 0 Å². The summed E-state index contributed by atoms with van der Waals surface area (Å²) in [6.45, 7) is 6.73. The average Bonchev–Trinajstić information content (AvgIpc) is 2.39. The largest absolute Gasteiger partial charge is 0.309 e. The summed E-state index contributed by atoms with van der Waals surface area (Å²) in [5.74, 6) is 0. The molecule has 0 aliphatic carbocycles. The molecule has 106 valence electrons. The van der Waals surface area contributed by atoms with Crippen molar-refractivity contribution in [3.05, 3.63) is 33.3 Å². The molecule has 0 saturated carbocycles. The van der Waals surface area contributed by atoms with Crippen molar-refractivity contribution in [1.29, 1.82) is 0 Å². The van der Waals surface area contributed by atoms with Crippen LogP contribution >= 0.6 is 27.5 Å². The van der Waals surface area contributed by atoms with Gasteiger partial charge in [-0.3, -0.25) is 0 Å². The minimum Gasteiger partial charge on any atom is -0.309 e. The van der Waals surface area contributed by atoms with Gasteiger partial charge in [-0.1, -0.05) is 40.0 Å². The fourth-order valence-electron chi connectivity index (χ4n) is 2.54. The molecule has 0 aromatic heterocycles. The summed E-state index contributed by atoms with van der Waals surface area (Å²) >= 11 is 9.65. The first kappa shape index (κ1) is 15.3. The molecular weight excluding hydrogens is 324 g/mol. The summed E-state index contributed by atoms with van der Waals surface area (Å²) < 4.78 is 1.03. The first-order valence-corrected chi connectivity index (χ1v) is 8.22. The summed E-state index contributed by atoms with van der Waals surface area (Å²) in [6, 6.07) is 6.57. The molecule has 1 atom stereocenters. The Morgan fingerprint density at radius 3 is 2.74 bits per heavy atom. The quantitative estimate of drug-likeness (QED) is 0.865. The highest BCUT2D eigenvalue weighted by atomic mass is 79.9. The van der Waals surface area contributed by atoms with Crippen LogP contribution in [0.15, 0.2) is 22.7 Å². The molecule has 1 aliphatic heterocycles. The van der Waals surface area contributed by atoms with E-state index in [9.17, 15) is 0 Å². The van der Waals surface area contributed by atoms with E-state index in [1.807, 2.05) is 12.1 Å². The van der Waals surface area contributed by atoms with E-state index < -0.39 is 0 Å². The lowest BCUT2D eigenvalue weighted by Crippen LogP contribution is -2.41. The second kappa shape index (κ2) is 7.63. The van der Waals surface area contributed by atoms with Crippen LogP contribution in [0.2, 0.25) is 5.02 Å². The monoisotopic (exact) mass is 344 g/mol. The van der Waals surface area contributed by atoms with E-state index in [1.165, 1.54) is 32.4 Å². The van der Waals surface area contributed by atoms with Crippen molar-refractivity contribution in [2.45, 2.75) is 38.8 Å². The maximum absolute atomic E-state index is 6.22. The van der Waals surface area contributed by atoms with Crippen molar-refractivity contribution in [2.24, 2.45) is 0 Å². The van der Waals surface area contributed by atoms with Crippen LogP contribution < -0.4 is 5.32 Å². The van der Waals surface area contributed by atoms with Gasteiger partial charge in [0.25, 0.3) is 0 Å². The third-order valence-electron chi connectivity index (χ3n) is 3.64. The van der Waals surface area contributed by atoms with Gasteiger partial charge in [-0.25, -0.2) is 0 Å². The molecule has 1 N–H and O–H groups in total. The van der Waals surface area contributed by atoms with Crippen molar-refractivity contribution in [1.82, 2.24) is 10.2 Å². The van der Waals surface area contributed by atoms with E-state index in [0.29, 0.717) is 6.04 Å². The SMILES string of the molecule is CC(CN1CCCCC1)NCc1ccc(Br)cc1Cl. The fourth-order valence-corrected chi connectivity index (χ4v) is 3.28. The van der Waals surface area contributed by atoms with Crippen molar-refractivity contribution in [3.8, 4) is 0 Å². The van der Waals surface area contributed by atoms with Crippen LogP contribution in [-0.4, -0.2) is 30.6 Å². The molecule has 1 aromatic carbocycles. The van der Waals surface area contributed by atoms with Crippen LogP contribution in [0.4, 0.5) is 0 Å². The second-order valence-corrected chi connectivity index (χ2v) is 6.70. The van der Waals surface area contributed by atoms with Crippen LogP contribution in [0.5, 0.6) is 0 Å². The van der Waals surface area contributed by atoms with Gasteiger partial charge >= 0.3 is 0 Å². The normalized spacial score (nSPS) is 18.5. The molecule has 1 heterocycles. The standard InChI is InChI=1S/C15H22BrClN2/c1-12(11-19-7-3-2-4-8-19)18-10-13-5-6-14(16)9-15(13)17/h5-6,9,12,18H,2-4,7-8,10-11H2,1H3. The molecule has 4 heteroatoms. The molecule has 0 spiro atoms. The lowest BCUT2D eigenvalue weighted by Gasteiger charge is -2.29. The van der Waals surface area contributed by atoms with Gasteiger partial charge in [0.2, 0.25) is 0 Å². The Balaban J connectivity index is 1.77. The first-order valence-electron chi connectivity index (χ1n) is 7.05. The van der Waals surface area contributed by atoms with Gasteiger partial charge in [-0.2, -0.15) is 0 Å². The fraction of sp³-hybridized carbons (Fsp3) is 0.600. The summed E-state index contributed by atoms with van der Waals surface area (Å²) in [4.78, 5) is 2.56. The van der Waals surface area contributed by atoms with E-state index in [1.54, 1.807) is 0 Å². The van der Waals surface area contributed by atoms with E-state index in [0.717, 1.165) is 28.1 Å². The minimum absolute atomic E-state index is 0.498. The maximum atomic E-state index is 6.22. The predicted molar refractivity (Wildman–Crippen MR) is 85.7 cm³/mol. The number of halogens is 2. The van der Waals surface area contributed by atoms with Gasteiger partial charge in [0, 0.05) is 28.6 Å². The molecule has 0 bridgehead atoms. The van der Waals surface area contributed by atoms with Crippen molar-refractivity contribution >= 4 is 27.5 Å². The molecule has 2 rings (SSSR count). The Kier molecular flexibility index (Phi) is 6.14. The summed E-state index contributed by atoms with van der Waals surface area (Å²) in [5.41, 5.74) is 1.16. The molecule has 1 aromatic rings. The molecule has 19 heavy (non-hydrogen) atoms. The van der Waals surface area contributed by atoms with Crippen molar-refractivity contribution in [2.75, 3.05) is 19.6 Å². The molecule has 1 aliphatic rings. The molecule has 0 amide bonds. The topological polar surface area (TPSA) is 15.3 Å². The summed E-state index contributed by atoms with van der Waals surface area (Å²) in [6.07, 6.45) is 4.10. The zero-order valence-corrected chi connectivity index (χ0v) is 13.8. The first-order chi connectivity index (χ1) is 9.15. The summed E-state index contributed by atoms with van der Waals surface area (Å²) in [5, 5.41) is 4.39. The number of hydrogen-bond donors (Lipinski definition) is 1. The molecular formula is C15H22BrClN2. The number of rotatable bonds is 5. The van der Waals surface area contributed by atoms with Crippen LogP contribution in [0, 0.1) is 0 Å². The number of likely N-dealkylation sites (tertiary alicyclic amines) is 1. The lowest BCUT2D eigenvalue weighted by atomic mass is 10.1. The van der Waals surface area contributed by atoms with Gasteiger partial charge in [-0.15, -0.1) is 0 Å². The number of nitrogens with zero attached hydrogens (tertiary/aromatic N) is 1. The van der Waals surface area contributed by atoms with Gasteiger partial charge in [-0.05, 0) is 50.6 Å². The Morgan fingerprint density at radius 2 is 2.05 bits per heavy atom. The number of hydrogen-bond acceptors (Lipinski definition) is 2. The Bertz CT molecular complexity index is 405. The predicted octanol–water partition coefficient (Wildman–Crippen LogP) is 4.07. The number of piperidine rings is 1. The Labute approximate surface area is 129 Å². The van der Waals surface area contributed by atoms with E-state index >= 15 is 0 Å². The molecule has 0 radical (unpaired) electrons. The number of nitrogens with one attached hydrogen (secondary N) is 1. The van der Waals surface area contributed by atoms with Crippen LogP contribution in [-0.2, 0) is 6.54 Å². The van der Waals surface area contributed by atoms with E-state index in [2.05, 4.69) is 39.1 Å². The van der Waals surface area contributed by atoms with Crippen molar-refractivity contribution < 1.29 is 0 Å². The third kappa shape index (κ3) is 5.07. The van der Waals surface area contributed by atoms with E-state index in [-0.39, 0.29) is 0 Å². The zero-order valence-electron chi connectivity index (χ0n) is 11.5. The van der Waals surface area contributed by atoms with Gasteiger partial charge in [0.15, 0.2) is 0 Å². The Morgan fingerprint density at radius 1 is 1.32 bits per heavy atom. The molecule has 1 unspecified atom stereocenters. The van der Waals surface area contributed by atoms with E-state index in [4.69, 9.17) is 11.6 Å². The average molecular weight is 346 g/mol. The Hall–Kier alpha value is -0.0900. The number of benzene rings is 1. The third-order valence-corrected chi connectivity index (χ3v) is 4.48. The van der Waals surface area contributed by atoms with Gasteiger partial charge < -0.3 is 10.2 Å². The maximum Gasteiger partial charge on any atom is 0.0462 e. The van der Waals surface area contributed by atoms with Crippen molar-refractivity contribution in [3.63, 3.8) is 0 Å². The molecule has 2 nitrogen and oxygen atoms in total. The van der Waals surface area contributed by atoms with Crippen LogP contribution in [0.1, 0.15) is 31.7 Å². The smallest absolute Gasteiger partial charge is 0.0462 e. The lowest BCUT2D eigenvalue weighted by molar-refractivity contribution is 0.209.